The van der Waals surface area contributed by atoms with E-state index in [1.54, 1.807) is 0 Å². The third-order valence-electron chi connectivity index (χ3n) is 12.1. The van der Waals surface area contributed by atoms with Gasteiger partial charge in [-0.25, -0.2) is 0 Å². The summed E-state index contributed by atoms with van der Waals surface area (Å²) in [4.78, 5) is 3.86. The number of thioether (sulfide) groups is 1. The maximum Gasteiger partial charge on any atom is 0.0453 e. The molecule has 2 heteroatoms. The standard InChI is InChI=1S/C39H33N.C20H18S/c1-29-9-8-10-34(25-29)32-17-13-30(14-18-32)26-31-15-19-33(20-16-31)35-21-22-38-37(27-35)39(23-6-3-7-24-39)28-40(38)36-11-4-2-5-12-36;1-3-6-17(16-11-9-15(2)10-12-16)13-18-14-21-20-8-5-4-7-19(18)20/h2-23,25,27H,24,26,28H2,1H3;3-13H,1,14H2,2H3/b;17-6+,18-13+. The fraction of sp³-hybridized carbons (Fsp3) is 0.119. The minimum Gasteiger partial charge on any atom is -0.340 e. The number of fused-ring (bicyclic) bond motifs is 3. The smallest absolute Gasteiger partial charge is 0.0453 e. The monoisotopic (exact) mass is 805 g/mol. The number of allylic oxidation sites excluding steroid dienone is 7. The molecule has 1 aliphatic carbocycles. The summed E-state index contributed by atoms with van der Waals surface area (Å²) < 4.78 is 0. The highest BCUT2D eigenvalue weighted by Gasteiger charge is 2.41. The van der Waals surface area contributed by atoms with E-state index in [0.29, 0.717) is 0 Å². The van der Waals surface area contributed by atoms with E-state index >= 15 is 0 Å². The number of benzene rings is 7. The minimum atomic E-state index is 0.0144. The summed E-state index contributed by atoms with van der Waals surface area (Å²) in [6, 6.07) is 62.0. The first kappa shape index (κ1) is 39.8. The van der Waals surface area contributed by atoms with Crippen molar-refractivity contribution in [1.82, 2.24) is 0 Å². The van der Waals surface area contributed by atoms with Gasteiger partial charge in [-0.2, -0.15) is 0 Å². The number of rotatable bonds is 8. The Morgan fingerprint density at radius 2 is 1.34 bits per heavy atom. The van der Waals surface area contributed by atoms with Crippen molar-refractivity contribution in [2.75, 3.05) is 17.2 Å². The molecule has 0 amide bonds. The zero-order valence-corrected chi connectivity index (χ0v) is 35.9. The van der Waals surface area contributed by atoms with Gasteiger partial charge in [-0.1, -0.05) is 194 Å². The highest BCUT2D eigenvalue weighted by molar-refractivity contribution is 8.00. The Balaban J connectivity index is 0.000000191. The molecule has 0 saturated heterocycles. The molecule has 3 aliphatic rings. The van der Waals surface area contributed by atoms with Crippen LogP contribution < -0.4 is 4.90 Å². The van der Waals surface area contributed by atoms with Gasteiger partial charge < -0.3 is 4.90 Å². The topological polar surface area (TPSA) is 3.24 Å². The highest BCUT2D eigenvalue weighted by atomic mass is 32.2. The lowest BCUT2D eigenvalue weighted by molar-refractivity contribution is 0.579. The number of para-hydroxylation sites is 1. The zero-order valence-electron chi connectivity index (χ0n) is 35.1. The van der Waals surface area contributed by atoms with Crippen molar-refractivity contribution in [3.8, 4) is 22.3 Å². The quantitative estimate of drug-likeness (QED) is 0.141. The van der Waals surface area contributed by atoms with Crippen molar-refractivity contribution in [2.24, 2.45) is 0 Å². The van der Waals surface area contributed by atoms with Gasteiger partial charge in [0.2, 0.25) is 0 Å². The van der Waals surface area contributed by atoms with E-state index in [9.17, 15) is 0 Å². The van der Waals surface area contributed by atoms with Gasteiger partial charge in [0.05, 0.1) is 0 Å². The molecule has 298 valence electrons. The summed E-state index contributed by atoms with van der Waals surface area (Å²) in [5, 5.41) is 0. The van der Waals surface area contributed by atoms with E-state index < -0.39 is 0 Å². The average Bonchev–Trinajstić information content (AvgIpc) is 3.86. The Kier molecular flexibility index (Phi) is 11.7. The van der Waals surface area contributed by atoms with Gasteiger partial charge in [0.1, 0.15) is 0 Å². The summed E-state index contributed by atoms with van der Waals surface area (Å²) in [6.07, 6.45) is 17.3. The van der Waals surface area contributed by atoms with Crippen LogP contribution in [-0.2, 0) is 11.8 Å². The first-order valence-corrected chi connectivity index (χ1v) is 22.3. The van der Waals surface area contributed by atoms with Crippen LogP contribution in [0, 0.1) is 13.8 Å². The van der Waals surface area contributed by atoms with Gasteiger partial charge in [-0.05, 0) is 124 Å². The maximum absolute atomic E-state index is 3.85. The Morgan fingerprint density at radius 1 is 0.656 bits per heavy atom. The van der Waals surface area contributed by atoms with Crippen LogP contribution in [0.3, 0.4) is 0 Å². The maximum atomic E-state index is 3.85. The minimum absolute atomic E-state index is 0.0144. The molecule has 0 aromatic heterocycles. The molecule has 0 fully saturated rings. The van der Waals surface area contributed by atoms with Crippen molar-refractivity contribution in [2.45, 2.75) is 37.0 Å². The summed E-state index contributed by atoms with van der Waals surface area (Å²) >= 11 is 1.91. The van der Waals surface area contributed by atoms with Crippen LogP contribution >= 0.6 is 11.8 Å². The third kappa shape index (κ3) is 8.83. The number of aryl methyl sites for hydroxylation is 2. The lowest BCUT2D eigenvalue weighted by Gasteiger charge is -2.28. The molecular weight excluding hydrogens is 755 g/mol. The van der Waals surface area contributed by atoms with Gasteiger partial charge in [0.25, 0.3) is 0 Å². The molecule has 0 saturated carbocycles. The summed E-state index contributed by atoms with van der Waals surface area (Å²) in [6.45, 7) is 9.08. The second kappa shape index (κ2) is 17.9. The molecule has 7 aromatic carbocycles. The van der Waals surface area contributed by atoms with Gasteiger partial charge >= 0.3 is 0 Å². The Hall–Kier alpha value is -6.61. The molecular formula is C59H51NS. The normalized spacial score (nSPS) is 16.9. The van der Waals surface area contributed by atoms with Crippen LogP contribution in [-0.4, -0.2) is 12.3 Å². The summed E-state index contributed by atoms with van der Waals surface area (Å²) in [7, 11) is 0. The van der Waals surface area contributed by atoms with Gasteiger partial charge in [-0.3, -0.25) is 0 Å². The fourth-order valence-electron chi connectivity index (χ4n) is 8.81. The van der Waals surface area contributed by atoms with Crippen molar-refractivity contribution in [3.63, 3.8) is 0 Å². The molecule has 1 atom stereocenters. The molecule has 2 aliphatic heterocycles. The van der Waals surface area contributed by atoms with Crippen molar-refractivity contribution < 1.29 is 0 Å². The Labute approximate surface area is 366 Å². The molecule has 0 bridgehead atoms. The zero-order chi connectivity index (χ0) is 41.6. The molecule has 61 heavy (non-hydrogen) atoms. The van der Waals surface area contributed by atoms with Crippen molar-refractivity contribution >= 4 is 34.3 Å². The second-order valence-electron chi connectivity index (χ2n) is 16.4. The van der Waals surface area contributed by atoms with E-state index in [4.69, 9.17) is 0 Å². The highest BCUT2D eigenvalue weighted by Crippen LogP contribution is 2.49. The van der Waals surface area contributed by atoms with Crippen LogP contribution in [0.25, 0.3) is 33.4 Å². The average molecular weight is 806 g/mol. The molecule has 1 spiro atoms. The van der Waals surface area contributed by atoms with Crippen LogP contribution in [0.15, 0.2) is 224 Å². The summed E-state index contributed by atoms with van der Waals surface area (Å²) in [5.41, 5.74) is 19.6. The Bertz CT molecular complexity index is 2790. The van der Waals surface area contributed by atoms with Crippen LogP contribution in [0.4, 0.5) is 11.4 Å². The summed E-state index contributed by atoms with van der Waals surface area (Å²) in [5.74, 6) is 1.04. The molecule has 2 heterocycles. The SMILES string of the molecule is C=C/C=C(\C=C1/CSc2ccccc21)c1ccc(C)cc1.Cc1cccc(-c2ccc(Cc3ccc(-c4ccc5c(c4)C4(C=CC=CC4)CN5c4ccccc4)cc3)cc2)c1. The van der Waals surface area contributed by atoms with E-state index in [0.717, 1.165) is 25.1 Å². The fourth-order valence-corrected chi connectivity index (χ4v) is 9.89. The van der Waals surface area contributed by atoms with Crippen LogP contribution in [0.1, 0.15) is 45.4 Å². The number of nitrogens with zero attached hydrogens (tertiary/aromatic N) is 1. The number of anilines is 2. The van der Waals surface area contributed by atoms with E-state index in [1.165, 1.54) is 88.6 Å². The predicted molar refractivity (Wildman–Crippen MR) is 264 cm³/mol. The first-order chi connectivity index (χ1) is 29.9. The van der Waals surface area contributed by atoms with Crippen molar-refractivity contribution in [3.05, 3.63) is 258 Å². The van der Waals surface area contributed by atoms with Crippen molar-refractivity contribution in [1.29, 1.82) is 0 Å². The van der Waals surface area contributed by atoms with Crippen LogP contribution in [0.5, 0.6) is 0 Å². The van der Waals surface area contributed by atoms with E-state index in [2.05, 4.69) is 232 Å². The van der Waals surface area contributed by atoms with Gasteiger partial charge in [-0.15, -0.1) is 11.8 Å². The molecule has 1 unspecified atom stereocenters. The second-order valence-corrected chi connectivity index (χ2v) is 17.4. The van der Waals surface area contributed by atoms with Crippen LogP contribution in [0.2, 0.25) is 0 Å². The molecule has 0 radical (unpaired) electrons. The lowest BCUT2D eigenvalue weighted by Crippen LogP contribution is -2.30. The van der Waals surface area contributed by atoms with Gasteiger partial charge in [0, 0.05) is 34.0 Å². The van der Waals surface area contributed by atoms with E-state index in [-0.39, 0.29) is 5.41 Å². The first-order valence-electron chi connectivity index (χ1n) is 21.3. The third-order valence-corrected chi connectivity index (χ3v) is 13.2. The largest absolute Gasteiger partial charge is 0.340 e. The number of hydrogen-bond acceptors (Lipinski definition) is 2. The molecule has 7 aromatic rings. The van der Waals surface area contributed by atoms with E-state index in [1.807, 2.05) is 17.8 Å². The molecule has 1 nitrogen and oxygen atoms in total. The van der Waals surface area contributed by atoms with Gasteiger partial charge in [0.15, 0.2) is 0 Å². The predicted octanol–water partition coefficient (Wildman–Crippen LogP) is 15.6. The number of hydrogen-bond donors (Lipinski definition) is 0. The molecule has 10 rings (SSSR count). The lowest BCUT2D eigenvalue weighted by atomic mass is 9.76. The Morgan fingerprint density at radius 3 is 2.03 bits per heavy atom. The molecule has 0 N–H and O–H groups in total.